The van der Waals surface area contributed by atoms with E-state index < -0.39 is 0 Å². The van der Waals surface area contributed by atoms with Crippen molar-refractivity contribution in [1.29, 1.82) is 5.41 Å². The maximum absolute atomic E-state index is 7.17. The molecule has 0 fully saturated rings. The lowest BCUT2D eigenvalue weighted by Gasteiger charge is -2.06. The van der Waals surface area contributed by atoms with Gasteiger partial charge in [0.05, 0.1) is 12.4 Å². The summed E-state index contributed by atoms with van der Waals surface area (Å²) in [6.45, 7) is 4.39. The van der Waals surface area contributed by atoms with Crippen LogP contribution in [0.1, 0.15) is 26.0 Å². The minimum absolute atomic E-state index is 0.0408. The average Bonchev–Trinajstić information content (AvgIpc) is 2.26. The second-order valence-corrected chi connectivity index (χ2v) is 4.52. The topological polar surface area (TPSA) is 75.7 Å². The molecule has 1 atom stereocenters. The summed E-state index contributed by atoms with van der Waals surface area (Å²) in [5.41, 5.74) is 5.71. The fourth-order valence-corrected chi connectivity index (χ4v) is 1.82. The lowest BCUT2D eigenvalue weighted by atomic mass is 10.2. The van der Waals surface area contributed by atoms with Gasteiger partial charge in [0.15, 0.2) is 0 Å². The summed E-state index contributed by atoms with van der Waals surface area (Å²) in [7, 11) is 0. The van der Waals surface area contributed by atoms with E-state index >= 15 is 0 Å². The Bertz CT molecular complexity index is 323. The molecule has 0 aliphatic heterocycles. The molecule has 5 heteroatoms. The van der Waals surface area contributed by atoms with Gasteiger partial charge in [-0.15, -0.1) is 11.8 Å². The summed E-state index contributed by atoms with van der Waals surface area (Å²) in [6.07, 6.45) is 4.39. The van der Waals surface area contributed by atoms with Gasteiger partial charge in [-0.3, -0.25) is 5.41 Å². The quantitative estimate of drug-likeness (QED) is 0.455. The van der Waals surface area contributed by atoms with Crippen LogP contribution in [0.2, 0.25) is 0 Å². The molecule has 0 aromatic carbocycles. The number of hydrogen-bond acceptors (Lipinski definition) is 4. The van der Waals surface area contributed by atoms with Crippen molar-refractivity contribution in [3.8, 4) is 0 Å². The molecule has 0 bridgehead atoms. The zero-order chi connectivity index (χ0) is 11.3. The van der Waals surface area contributed by atoms with Crippen molar-refractivity contribution in [2.45, 2.75) is 25.3 Å². The number of amidine groups is 1. The smallest absolute Gasteiger partial charge is 0.143 e. The molecule has 0 saturated heterocycles. The Morgan fingerprint density at radius 3 is 2.73 bits per heavy atom. The monoisotopic (exact) mass is 224 g/mol. The van der Waals surface area contributed by atoms with Crippen LogP contribution in [0.25, 0.3) is 0 Å². The van der Waals surface area contributed by atoms with Gasteiger partial charge in [0.25, 0.3) is 0 Å². The van der Waals surface area contributed by atoms with Gasteiger partial charge in [-0.25, -0.2) is 9.97 Å². The first-order chi connectivity index (χ1) is 7.13. The van der Waals surface area contributed by atoms with E-state index in [1.807, 2.05) is 0 Å². The third-order valence-corrected chi connectivity index (χ3v) is 3.36. The maximum atomic E-state index is 7.17. The lowest BCUT2D eigenvalue weighted by molar-refractivity contribution is 0.636. The zero-order valence-electron chi connectivity index (χ0n) is 9.03. The van der Waals surface area contributed by atoms with Gasteiger partial charge in [0.2, 0.25) is 0 Å². The van der Waals surface area contributed by atoms with Crippen LogP contribution in [0.4, 0.5) is 0 Å². The van der Waals surface area contributed by atoms with E-state index in [4.69, 9.17) is 11.1 Å². The van der Waals surface area contributed by atoms with Crippen molar-refractivity contribution < 1.29 is 0 Å². The van der Waals surface area contributed by atoms with E-state index in [1.165, 1.54) is 6.42 Å². The van der Waals surface area contributed by atoms with Gasteiger partial charge < -0.3 is 5.73 Å². The maximum Gasteiger partial charge on any atom is 0.143 e. The van der Waals surface area contributed by atoms with E-state index in [1.54, 1.807) is 24.2 Å². The van der Waals surface area contributed by atoms with E-state index in [-0.39, 0.29) is 5.84 Å². The molecule has 3 N–H and O–H groups in total. The van der Waals surface area contributed by atoms with Gasteiger partial charge in [-0.05, 0) is 5.92 Å². The molecular weight excluding hydrogens is 208 g/mol. The van der Waals surface area contributed by atoms with Gasteiger partial charge in [-0.2, -0.15) is 0 Å². The molecule has 0 saturated carbocycles. The third kappa shape index (κ3) is 3.87. The number of nitrogens with zero attached hydrogens (tertiary/aromatic N) is 2. The number of rotatable bonds is 5. The Hall–Kier alpha value is -1.10. The standard InChI is InChI=1S/C10H16N4S/c1-3-7(2)6-15-9-5-13-8(4-14-9)10(11)12/h4-5,7H,3,6H2,1-2H3,(H3,11,12). The summed E-state index contributed by atoms with van der Waals surface area (Å²) in [6, 6.07) is 0. The van der Waals surface area contributed by atoms with Crippen LogP contribution in [0.15, 0.2) is 17.4 Å². The first kappa shape index (κ1) is 12.0. The molecule has 1 rings (SSSR count). The number of aromatic nitrogens is 2. The summed E-state index contributed by atoms with van der Waals surface area (Å²) in [5.74, 6) is 1.69. The SMILES string of the molecule is CCC(C)CSc1cnc(C(=N)N)cn1. The Kier molecular flexibility index (Phi) is 4.55. The highest BCUT2D eigenvalue weighted by molar-refractivity contribution is 7.99. The molecule has 1 heterocycles. The van der Waals surface area contributed by atoms with Crippen LogP contribution < -0.4 is 5.73 Å². The van der Waals surface area contributed by atoms with Crippen molar-refractivity contribution in [1.82, 2.24) is 9.97 Å². The van der Waals surface area contributed by atoms with Gasteiger partial charge in [0, 0.05) is 5.75 Å². The molecule has 0 radical (unpaired) electrons. The number of nitrogens with two attached hydrogens (primary N) is 1. The average molecular weight is 224 g/mol. The Balaban J connectivity index is 2.53. The first-order valence-electron chi connectivity index (χ1n) is 4.92. The number of hydrogen-bond donors (Lipinski definition) is 2. The molecular formula is C10H16N4S. The number of nitrogen functional groups attached to an aromatic ring is 1. The molecule has 1 unspecified atom stereocenters. The minimum Gasteiger partial charge on any atom is -0.382 e. The fourth-order valence-electron chi connectivity index (χ4n) is 0.875. The molecule has 1 aromatic rings. The van der Waals surface area contributed by atoms with Crippen molar-refractivity contribution in [3.05, 3.63) is 18.1 Å². The summed E-state index contributed by atoms with van der Waals surface area (Å²) < 4.78 is 0. The van der Waals surface area contributed by atoms with Crippen LogP contribution in [0, 0.1) is 11.3 Å². The molecule has 0 spiro atoms. The Morgan fingerprint density at radius 1 is 1.53 bits per heavy atom. The fraction of sp³-hybridized carbons (Fsp3) is 0.500. The summed E-state index contributed by atoms with van der Waals surface area (Å²) >= 11 is 1.69. The van der Waals surface area contributed by atoms with E-state index in [0.29, 0.717) is 11.6 Å². The van der Waals surface area contributed by atoms with Crippen LogP contribution >= 0.6 is 11.8 Å². The second-order valence-electron chi connectivity index (χ2n) is 3.48. The van der Waals surface area contributed by atoms with Gasteiger partial charge in [0.1, 0.15) is 16.6 Å². The molecule has 1 aromatic heterocycles. The van der Waals surface area contributed by atoms with Crippen LogP contribution in [0.3, 0.4) is 0 Å². The van der Waals surface area contributed by atoms with E-state index in [0.717, 1.165) is 10.8 Å². The van der Waals surface area contributed by atoms with E-state index in [2.05, 4.69) is 23.8 Å². The van der Waals surface area contributed by atoms with Crippen molar-refractivity contribution in [2.24, 2.45) is 11.7 Å². The molecule has 0 aliphatic rings. The van der Waals surface area contributed by atoms with Crippen LogP contribution in [0.5, 0.6) is 0 Å². The zero-order valence-corrected chi connectivity index (χ0v) is 9.84. The molecule has 15 heavy (non-hydrogen) atoms. The molecule has 0 amide bonds. The Morgan fingerprint density at radius 2 is 2.27 bits per heavy atom. The van der Waals surface area contributed by atoms with Gasteiger partial charge in [-0.1, -0.05) is 20.3 Å². The number of thioether (sulfide) groups is 1. The van der Waals surface area contributed by atoms with Crippen molar-refractivity contribution in [2.75, 3.05) is 5.75 Å². The van der Waals surface area contributed by atoms with Crippen molar-refractivity contribution in [3.63, 3.8) is 0 Å². The summed E-state index contributed by atoms with van der Waals surface area (Å²) in [5, 5.41) is 8.06. The number of nitrogens with one attached hydrogen (secondary N) is 1. The molecule has 0 aliphatic carbocycles. The summed E-state index contributed by atoms with van der Waals surface area (Å²) in [4.78, 5) is 8.23. The second kappa shape index (κ2) is 5.70. The molecule has 4 nitrogen and oxygen atoms in total. The Labute approximate surface area is 94.2 Å². The highest BCUT2D eigenvalue weighted by Crippen LogP contribution is 2.18. The lowest BCUT2D eigenvalue weighted by Crippen LogP contribution is -2.13. The van der Waals surface area contributed by atoms with Crippen LogP contribution in [-0.4, -0.2) is 21.6 Å². The van der Waals surface area contributed by atoms with Gasteiger partial charge >= 0.3 is 0 Å². The normalized spacial score (nSPS) is 12.4. The largest absolute Gasteiger partial charge is 0.382 e. The minimum atomic E-state index is -0.0408. The highest BCUT2D eigenvalue weighted by Gasteiger charge is 2.03. The third-order valence-electron chi connectivity index (χ3n) is 2.12. The van der Waals surface area contributed by atoms with Crippen molar-refractivity contribution >= 4 is 17.6 Å². The molecule has 82 valence electrons. The predicted octanol–water partition coefficient (Wildman–Crippen LogP) is 1.90. The van der Waals surface area contributed by atoms with E-state index in [9.17, 15) is 0 Å². The first-order valence-corrected chi connectivity index (χ1v) is 5.91. The van der Waals surface area contributed by atoms with Crippen LogP contribution in [-0.2, 0) is 0 Å². The highest BCUT2D eigenvalue weighted by atomic mass is 32.2. The predicted molar refractivity (Wildman–Crippen MR) is 63.2 cm³/mol.